The first-order valence-corrected chi connectivity index (χ1v) is 25.7. The van der Waals surface area contributed by atoms with E-state index in [0.29, 0.717) is 0 Å². The summed E-state index contributed by atoms with van der Waals surface area (Å²) < 4.78 is 0. The molecular weight excluding hydrogens is 893 g/mol. The smallest absolute Gasteiger partial charge is 0.0468 e. The second-order valence-electron chi connectivity index (χ2n) is 20.0. The Morgan fingerprint density at radius 1 is 0.189 bits per heavy atom. The minimum Gasteiger partial charge on any atom is -0.310 e. The fourth-order valence-electron chi connectivity index (χ4n) is 11.7. The Morgan fingerprint density at radius 2 is 0.432 bits per heavy atom. The van der Waals surface area contributed by atoms with Gasteiger partial charge in [0.15, 0.2) is 0 Å². The first-order chi connectivity index (χ1) is 36.4. The van der Waals surface area contributed by atoms with E-state index in [9.17, 15) is 0 Å². The molecule has 13 rings (SSSR count). The number of nitrogens with zero attached hydrogens (tertiary/aromatic N) is 2. The van der Waals surface area contributed by atoms with E-state index in [1.54, 1.807) is 0 Å². The summed E-state index contributed by atoms with van der Waals surface area (Å²) in [5.41, 5.74) is 26.5. The number of hydrogen-bond acceptors (Lipinski definition) is 2. The first kappa shape index (κ1) is 44.7. The van der Waals surface area contributed by atoms with Crippen molar-refractivity contribution in [3.63, 3.8) is 0 Å². The predicted octanol–water partition coefficient (Wildman–Crippen LogP) is 20.5. The molecular formula is C72H54N2. The maximum Gasteiger partial charge on any atom is 0.0468 e. The zero-order valence-corrected chi connectivity index (χ0v) is 42.1. The number of hydrogen-bond donors (Lipinski definition) is 0. The molecule has 0 fully saturated rings. The summed E-state index contributed by atoms with van der Waals surface area (Å²) in [7, 11) is 0. The van der Waals surface area contributed by atoms with Crippen LogP contribution in [-0.2, 0) is 0 Å². The van der Waals surface area contributed by atoms with Crippen LogP contribution in [0.4, 0.5) is 34.1 Å². The van der Waals surface area contributed by atoms with Crippen LogP contribution in [0.5, 0.6) is 0 Å². The fraction of sp³-hybridized carbons (Fsp3) is 0.0556. The summed E-state index contributed by atoms with van der Waals surface area (Å²) in [6.45, 7) is 8.72. The zero-order valence-electron chi connectivity index (χ0n) is 42.1. The van der Waals surface area contributed by atoms with Gasteiger partial charge in [-0.3, -0.25) is 0 Å². The van der Waals surface area contributed by atoms with Crippen molar-refractivity contribution >= 4 is 55.7 Å². The van der Waals surface area contributed by atoms with Crippen LogP contribution in [0.2, 0.25) is 0 Å². The zero-order chi connectivity index (χ0) is 49.9. The van der Waals surface area contributed by atoms with Crippen LogP contribution < -0.4 is 9.80 Å². The maximum absolute atomic E-state index is 2.47. The molecule has 0 aromatic heterocycles. The molecule has 1 aliphatic rings. The predicted molar refractivity (Wildman–Crippen MR) is 316 cm³/mol. The first-order valence-electron chi connectivity index (χ1n) is 25.7. The van der Waals surface area contributed by atoms with Crippen LogP contribution in [0, 0.1) is 27.7 Å². The topological polar surface area (TPSA) is 6.48 Å². The summed E-state index contributed by atoms with van der Waals surface area (Å²) >= 11 is 0. The van der Waals surface area contributed by atoms with Gasteiger partial charge in [-0.05, 0) is 211 Å². The fourth-order valence-corrected chi connectivity index (χ4v) is 11.7. The van der Waals surface area contributed by atoms with Gasteiger partial charge < -0.3 is 9.80 Å². The third kappa shape index (κ3) is 7.66. The Hall–Kier alpha value is -9.24. The number of rotatable bonds is 10. The lowest BCUT2D eigenvalue weighted by Crippen LogP contribution is -2.12. The quantitative estimate of drug-likeness (QED) is 0.135. The van der Waals surface area contributed by atoms with Crippen LogP contribution in [0.15, 0.2) is 255 Å². The molecule has 0 N–H and O–H groups in total. The van der Waals surface area contributed by atoms with Gasteiger partial charge in [0.1, 0.15) is 0 Å². The lowest BCUT2D eigenvalue weighted by molar-refractivity contribution is 1.26. The van der Waals surface area contributed by atoms with Gasteiger partial charge in [0.2, 0.25) is 0 Å². The van der Waals surface area contributed by atoms with E-state index in [1.165, 1.54) is 111 Å². The molecule has 0 saturated carbocycles. The van der Waals surface area contributed by atoms with Crippen molar-refractivity contribution in [1.82, 2.24) is 0 Å². The molecule has 0 unspecified atom stereocenters. The largest absolute Gasteiger partial charge is 0.310 e. The third-order valence-electron chi connectivity index (χ3n) is 14.9. The summed E-state index contributed by atoms with van der Waals surface area (Å²) in [5.74, 6) is 0. The highest BCUT2D eigenvalue weighted by Crippen LogP contribution is 2.66. The van der Waals surface area contributed by atoms with Crippen molar-refractivity contribution in [3.05, 3.63) is 277 Å². The Bertz CT molecular complexity index is 3740. The van der Waals surface area contributed by atoms with Gasteiger partial charge in [-0.1, -0.05) is 182 Å². The molecule has 2 nitrogen and oxygen atoms in total. The number of benzene rings is 12. The van der Waals surface area contributed by atoms with Crippen LogP contribution in [0.3, 0.4) is 0 Å². The highest BCUT2D eigenvalue weighted by molar-refractivity contribution is 6.33. The average molecular weight is 947 g/mol. The van der Waals surface area contributed by atoms with E-state index >= 15 is 0 Å². The third-order valence-corrected chi connectivity index (χ3v) is 14.9. The minimum absolute atomic E-state index is 1.10. The van der Waals surface area contributed by atoms with E-state index < -0.39 is 0 Å². The van der Waals surface area contributed by atoms with Crippen LogP contribution >= 0.6 is 0 Å². The molecule has 0 radical (unpaired) electrons. The molecule has 352 valence electrons. The van der Waals surface area contributed by atoms with E-state index in [4.69, 9.17) is 0 Å². The molecule has 12 aromatic rings. The monoisotopic (exact) mass is 946 g/mol. The van der Waals surface area contributed by atoms with Gasteiger partial charge in [0.05, 0.1) is 0 Å². The molecule has 74 heavy (non-hydrogen) atoms. The van der Waals surface area contributed by atoms with Crippen LogP contribution in [-0.4, -0.2) is 0 Å². The maximum atomic E-state index is 2.47. The summed E-state index contributed by atoms with van der Waals surface area (Å²) in [6.07, 6.45) is 0. The minimum atomic E-state index is 1.10. The van der Waals surface area contributed by atoms with Gasteiger partial charge >= 0.3 is 0 Å². The average Bonchev–Trinajstić information content (AvgIpc) is 3.47. The normalized spacial score (nSPS) is 11.5. The van der Waals surface area contributed by atoms with Gasteiger partial charge in [0, 0.05) is 34.1 Å². The molecule has 0 atom stereocenters. The van der Waals surface area contributed by atoms with Crippen molar-refractivity contribution in [2.24, 2.45) is 0 Å². The number of anilines is 6. The Morgan fingerprint density at radius 3 is 0.689 bits per heavy atom. The summed E-state index contributed by atoms with van der Waals surface area (Å²) in [6, 6.07) is 94.4. The van der Waals surface area contributed by atoms with Crippen molar-refractivity contribution in [3.8, 4) is 66.8 Å². The molecule has 0 amide bonds. The molecule has 2 heteroatoms. The molecule has 0 aliphatic heterocycles. The molecule has 0 bridgehead atoms. The summed E-state index contributed by atoms with van der Waals surface area (Å²) in [4.78, 5) is 4.85. The number of fused-ring (bicyclic) bond motifs is 6. The molecule has 1 aliphatic carbocycles. The van der Waals surface area contributed by atoms with E-state index in [1.807, 2.05) is 0 Å². The number of aryl methyl sites for hydroxylation is 4. The SMILES string of the molecule is Cc1cccc(N(c2cccc(C)c2)c2ccc3c(-c4ccccc4)c4c(c(-c5ccccc5)c3c2)-c2c-4c(-c3ccccc3)c3ccc(N(c4cccc(C)c4)c4cccc(C)c4)cc3c2-c2ccccc2)c1. The van der Waals surface area contributed by atoms with Gasteiger partial charge in [0.25, 0.3) is 0 Å². The Labute approximate surface area is 434 Å². The second kappa shape index (κ2) is 18.4. The Kier molecular flexibility index (Phi) is 11.1. The van der Waals surface area contributed by atoms with Gasteiger partial charge in [-0.2, -0.15) is 0 Å². The Balaban J connectivity index is 1.20. The molecule has 0 heterocycles. The van der Waals surface area contributed by atoms with Crippen molar-refractivity contribution in [2.75, 3.05) is 9.80 Å². The van der Waals surface area contributed by atoms with Crippen molar-refractivity contribution in [1.29, 1.82) is 0 Å². The highest BCUT2D eigenvalue weighted by atomic mass is 15.1. The lowest BCUT2D eigenvalue weighted by Gasteiger charge is -2.38. The molecule has 12 aromatic carbocycles. The van der Waals surface area contributed by atoms with Gasteiger partial charge in [-0.25, -0.2) is 0 Å². The van der Waals surface area contributed by atoms with Crippen LogP contribution in [0.1, 0.15) is 22.3 Å². The van der Waals surface area contributed by atoms with Crippen molar-refractivity contribution in [2.45, 2.75) is 27.7 Å². The summed E-state index contributed by atoms with van der Waals surface area (Å²) in [5, 5.41) is 4.86. The van der Waals surface area contributed by atoms with E-state index in [0.717, 1.165) is 34.1 Å². The molecule has 0 saturated heterocycles. The molecule has 0 spiro atoms. The van der Waals surface area contributed by atoms with Gasteiger partial charge in [-0.15, -0.1) is 0 Å². The van der Waals surface area contributed by atoms with E-state index in [2.05, 4.69) is 292 Å². The lowest BCUT2D eigenvalue weighted by atomic mass is 9.65. The second-order valence-corrected chi connectivity index (χ2v) is 20.0. The van der Waals surface area contributed by atoms with E-state index in [-0.39, 0.29) is 0 Å². The standard InChI is InChI=1S/C72H54N2/c1-47-21-17-33-55(41-47)73(56-34-18-22-48(2)42-56)59-37-39-61-63(45-59)67(53-29-13-7-14-30-53)71-69(65(61)51-25-9-5-10-26-51)70-66(52-27-11-6-12-28-52)62-40-38-60(46-64(62)68(72(70)71)54-31-15-8-16-32-54)74(57-35-19-23-49(3)43-57)58-36-20-24-50(4)44-58/h5-46H,1-4H3. The van der Waals surface area contributed by atoms with Crippen molar-refractivity contribution < 1.29 is 0 Å². The van der Waals surface area contributed by atoms with Crippen LogP contribution in [0.25, 0.3) is 88.3 Å². The highest BCUT2D eigenvalue weighted by Gasteiger charge is 2.39.